The normalized spacial score (nSPS) is 16.0. The number of sulfonamides is 2. The fraction of sp³-hybridized carbons (Fsp3) is 0.350. The van der Waals surface area contributed by atoms with E-state index >= 15 is 0 Å². The van der Waals surface area contributed by atoms with Crippen molar-refractivity contribution in [1.29, 1.82) is 0 Å². The zero-order valence-electron chi connectivity index (χ0n) is 18.0. The van der Waals surface area contributed by atoms with Crippen LogP contribution in [0.5, 0.6) is 5.75 Å². The van der Waals surface area contributed by atoms with Gasteiger partial charge in [0.25, 0.3) is 5.91 Å². The fourth-order valence-electron chi connectivity index (χ4n) is 3.23. The molecule has 1 heterocycles. The minimum absolute atomic E-state index is 0.105. The predicted octanol–water partition coefficient (Wildman–Crippen LogP) is 0.792. The van der Waals surface area contributed by atoms with Crippen LogP contribution in [0.2, 0.25) is 0 Å². The first-order chi connectivity index (χ1) is 15.1. The third kappa shape index (κ3) is 5.10. The summed E-state index contributed by atoms with van der Waals surface area (Å²) >= 11 is 0. The molecule has 2 aromatic carbocycles. The zero-order chi connectivity index (χ0) is 23.5. The van der Waals surface area contributed by atoms with Crippen LogP contribution in [-0.4, -0.2) is 79.3 Å². The largest absolute Gasteiger partial charge is 0.495 e. The Kier molecular flexibility index (Phi) is 7.20. The topological polar surface area (TPSA) is 125 Å². The van der Waals surface area contributed by atoms with E-state index in [1.165, 1.54) is 60.9 Å². The Morgan fingerprint density at radius 2 is 1.59 bits per heavy atom. The second kappa shape index (κ2) is 9.55. The molecule has 2 N–H and O–H groups in total. The van der Waals surface area contributed by atoms with Gasteiger partial charge in [0.05, 0.1) is 12.0 Å². The van der Waals surface area contributed by atoms with Gasteiger partial charge >= 0.3 is 0 Å². The smallest absolute Gasteiger partial charge is 0.255 e. The first kappa shape index (κ1) is 24.1. The molecule has 0 spiro atoms. The second-order valence-electron chi connectivity index (χ2n) is 7.26. The zero-order valence-corrected chi connectivity index (χ0v) is 19.7. The first-order valence-corrected chi connectivity index (χ1v) is 12.7. The van der Waals surface area contributed by atoms with Crippen molar-refractivity contribution in [3.8, 4) is 5.75 Å². The highest BCUT2D eigenvalue weighted by Gasteiger charge is 2.27. The van der Waals surface area contributed by atoms with E-state index in [0.29, 0.717) is 31.9 Å². The standard InChI is InChI=1S/C20H26N4O6S2/c1-21-31(26,27)19-14-15(4-9-18(19)30-3)20(25)22-16-5-7-17(8-6-16)32(28,29)24-12-10-23(2)11-13-24/h4-9,14,21H,10-13H2,1-3H3,(H,22,25). The van der Waals surface area contributed by atoms with Crippen LogP contribution in [0.1, 0.15) is 10.4 Å². The van der Waals surface area contributed by atoms with Crippen LogP contribution in [0.3, 0.4) is 0 Å². The van der Waals surface area contributed by atoms with Crippen LogP contribution in [0.25, 0.3) is 0 Å². The minimum atomic E-state index is -3.84. The van der Waals surface area contributed by atoms with Crippen molar-refractivity contribution < 1.29 is 26.4 Å². The Morgan fingerprint density at radius 3 is 2.16 bits per heavy atom. The van der Waals surface area contributed by atoms with Gasteiger partial charge in [0.15, 0.2) is 0 Å². The van der Waals surface area contributed by atoms with E-state index in [1.54, 1.807) is 0 Å². The molecule has 32 heavy (non-hydrogen) atoms. The number of carbonyl (C=O) groups excluding carboxylic acids is 1. The number of hydrogen-bond acceptors (Lipinski definition) is 7. The van der Waals surface area contributed by atoms with E-state index in [9.17, 15) is 21.6 Å². The highest BCUT2D eigenvalue weighted by atomic mass is 32.2. The number of benzene rings is 2. The van der Waals surface area contributed by atoms with Crippen LogP contribution in [0, 0.1) is 0 Å². The van der Waals surface area contributed by atoms with Gasteiger partial charge in [-0.15, -0.1) is 0 Å². The van der Waals surface area contributed by atoms with Gasteiger partial charge in [-0.3, -0.25) is 4.79 Å². The molecule has 2 aromatic rings. The lowest BCUT2D eigenvalue weighted by molar-refractivity contribution is 0.102. The SMILES string of the molecule is CNS(=O)(=O)c1cc(C(=O)Nc2ccc(S(=O)(=O)N3CCN(C)CC3)cc2)ccc1OC. The molecule has 174 valence electrons. The maximum absolute atomic E-state index is 12.8. The van der Waals surface area contributed by atoms with Crippen molar-refractivity contribution in [2.75, 3.05) is 52.7 Å². The number of nitrogens with zero attached hydrogens (tertiary/aromatic N) is 2. The Hall–Kier alpha value is -2.51. The Bertz CT molecular complexity index is 1190. The van der Waals surface area contributed by atoms with Gasteiger partial charge in [-0.1, -0.05) is 0 Å². The van der Waals surface area contributed by atoms with Gasteiger partial charge < -0.3 is 15.0 Å². The molecule has 0 aromatic heterocycles. The quantitative estimate of drug-likeness (QED) is 0.598. The van der Waals surface area contributed by atoms with E-state index in [2.05, 4.69) is 14.9 Å². The number of carbonyl (C=O) groups is 1. The molecule has 1 amide bonds. The monoisotopic (exact) mass is 482 g/mol. The number of piperazine rings is 1. The first-order valence-electron chi connectivity index (χ1n) is 9.80. The van der Waals surface area contributed by atoms with E-state index in [-0.39, 0.29) is 21.1 Å². The van der Waals surface area contributed by atoms with Crippen LogP contribution >= 0.6 is 0 Å². The number of ether oxygens (including phenoxy) is 1. The lowest BCUT2D eigenvalue weighted by Gasteiger charge is -2.31. The van der Waals surface area contributed by atoms with Crippen molar-refractivity contribution in [3.63, 3.8) is 0 Å². The third-order valence-corrected chi connectivity index (χ3v) is 8.54. The number of amides is 1. The van der Waals surface area contributed by atoms with Crippen LogP contribution in [-0.2, 0) is 20.0 Å². The van der Waals surface area contributed by atoms with E-state index in [0.717, 1.165) is 0 Å². The molecule has 0 saturated carbocycles. The number of nitrogens with one attached hydrogen (secondary N) is 2. The summed E-state index contributed by atoms with van der Waals surface area (Å²) < 4.78 is 58.8. The lowest BCUT2D eigenvalue weighted by Crippen LogP contribution is -2.46. The third-order valence-electron chi connectivity index (χ3n) is 5.20. The Balaban J connectivity index is 1.77. The number of hydrogen-bond donors (Lipinski definition) is 2. The van der Waals surface area contributed by atoms with E-state index in [4.69, 9.17) is 4.74 Å². The summed E-state index contributed by atoms with van der Waals surface area (Å²) in [7, 11) is -2.90. The summed E-state index contributed by atoms with van der Waals surface area (Å²) in [5.74, 6) is -0.441. The Morgan fingerprint density at radius 1 is 0.969 bits per heavy atom. The van der Waals surface area contributed by atoms with Crippen molar-refractivity contribution in [3.05, 3.63) is 48.0 Å². The second-order valence-corrected chi connectivity index (χ2v) is 11.1. The van der Waals surface area contributed by atoms with Crippen LogP contribution in [0.15, 0.2) is 52.3 Å². The van der Waals surface area contributed by atoms with Crippen LogP contribution in [0.4, 0.5) is 5.69 Å². The molecule has 0 atom stereocenters. The molecule has 0 radical (unpaired) electrons. The van der Waals surface area contributed by atoms with Gasteiger partial charge in [0, 0.05) is 37.4 Å². The molecule has 3 rings (SSSR count). The van der Waals surface area contributed by atoms with Crippen molar-refractivity contribution in [2.45, 2.75) is 9.79 Å². The van der Waals surface area contributed by atoms with Gasteiger partial charge in [-0.2, -0.15) is 4.31 Å². The number of rotatable bonds is 7. The predicted molar refractivity (Wildman–Crippen MR) is 120 cm³/mol. The summed E-state index contributed by atoms with van der Waals surface area (Å²) in [4.78, 5) is 14.7. The summed E-state index contributed by atoms with van der Waals surface area (Å²) in [6.45, 7) is 2.18. The molecule has 0 aliphatic carbocycles. The molecule has 1 fully saturated rings. The molecular formula is C20H26N4O6S2. The molecule has 1 saturated heterocycles. The summed E-state index contributed by atoms with van der Waals surface area (Å²) in [6, 6.07) is 9.92. The van der Waals surface area contributed by atoms with Crippen molar-refractivity contribution in [2.24, 2.45) is 0 Å². The highest BCUT2D eigenvalue weighted by Crippen LogP contribution is 2.25. The summed E-state index contributed by atoms with van der Waals surface area (Å²) in [5.41, 5.74) is 0.481. The van der Waals surface area contributed by atoms with Crippen molar-refractivity contribution >= 4 is 31.6 Å². The summed E-state index contributed by atoms with van der Waals surface area (Å²) in [6.07, 6.45) is 0. The molecule has 1 aliphatic rings. The van der Waals surface area contributed by atoms with Crippen LogP contribution < -0.4 is 14.8 Å². The fourth-order valence-corrected chi connectivity index (χ4v) is 5.57. The average molecular weight is 483 g/mol. The molecule has 1 aliphatic heterocycles. The average Bonchev–Trinajstić information content (AvgIpc) is 2.79. The van der Waals surface area contributed by atoms with Gasteiger partial charge in [0.2, 0.25) is 20.0 Å². The molecule has 10 nitrogen and oxygen atoms in total. The minimum Gasteiger partial charge on any atom is -0.495 e. The number of likely N-dealkylation sites (N-methyl/N-ethyl adjacent to an activating group) is 1. The molecule has 0 bridgehead atoms. The van der Waals surface area contributed by atoms with E-state index < -0.39 is 26.0 Å². The maximum atomic E-state index is 12.8. The van der Waals surface area contributed by atoms with Gasteiger partial charge in [0.1, 0.15) is 10.6 Å². The lowest BCUT2D eigenvalue weighted by atomic mass is 10.2. The molecular weight excluding hydrogens is 456 g/mol. The van der Waals surface area contributed by atoms with Crippen molar-refractivity contribution in [1.82, 2.24) is 13.9 Å². The van der Waals surface area contributed by atoms with Gasteiger partial charge in [-0.05, 0) is 56.6 Å². The van der Waals surface area contributed by atoms with Gasteiger partial charge in [-0.25, -0.2) is 21.6 Å². The number of anilines is 1. The summed E-state index contributed by atoms with van der Waals surface area (Å²) in [5, 5.41) is 2.65. The molecule has 12 heteroatoms. The number of methoxy groups -OCH3 is 1. The highest BCUT2D eigenvalue weighted by molar-refractivity contribution is 7.89. The Labute approximate surface area is 188 Å². The molecule has 0 unspecified atom stereocenters. The maximum Gasteiger partial charge on any atom is 0.255 e. The van der Waals surface area contributed by atoms with E-state index in [1.807, 2.05) is 7.05 Å².